The number of fused-ring (bicyclic) bond motifs is 1. The van der Waals surface area contributed by atoms with Crippen molar-refractivity contribution in [2.24, 2.45) is 0 Å². The van der Waals surface area contributed by atoms with Crippen LogP contribution in [-0.4, -0.2) is 17.1 Å². The topological polar surface area (TPSA) is 47.1 Å². The van der Waals surface area contributed by atoms with Crippen LogP contribution in [0.15, 0.2) is 72.8 Å². The van der Waals surface area contributed by atoms with E-state index in [4.69, 9.17) is 9.47 Å². The Labute approximate surface area is 146 Å². The Kier molecular flexibility index (Phi) is 4.09. The maximum absolute atomic E-state index is 5.87. The second-order valence-corrected chi connectivity index (χ2v) is 5.74. The molecule has 0 radical (unpaired) electrons. The number of nitrogens with one attached hydrogen (secondary N) is 1. The molecule has 3 aromatic carbocycles. The van der Waals surface area contributed by atoms with Crippen molar-refractivity contribution in [3.05, 3.63) is 78.4 Å². The van der Waals surface area contributed by atoms with Crippen LogP contribution in [-0.2, 0) is 6.61 Å². The molecule has 1 N–H and O–H groups in total. The van der Waals surface area contributed by atoms with Crippen LogP contribution in [0.2, 0.25) is 0 Å². The van der Waals surface area contributed by atoms with Crippen molar-refractivity contribution in [1.82, 2.24) is 9.97 Å². The molecular weight excluding hydrogens is 312 g/mol. The lowest BCUT2D eigenvalue weighted by atomic mass is 10.2. The molecule has 0 amide bonds. The van der Waals surface area contributed by atoms with Crippen LogP contribution in [0.1, 0.15) is 5.56 Å². The van der Waals surface area contributed by atoms with Crippen LogP contribution in [0.5, 0.6) is 11.5 Å². The van der Waals surface area contributed by atoms with Crippen LogP contribution in [0.3, 0.4) is 0 Å². The largest absolute Gasteiger partial charge is 0.496 e. The van der Waals surface area contributed by atoms with Gasteiger partial charge in [-0.25, -0.2) is 4.98 Å². The Morgan fingerprint density at radius 1 is 0.920 bits per heavy atom. The Bertz CT molecular complexity index is 960. The number of methoxy groups -OCH3 is 1. The van der Waals surface area contributed by atoms with E-state index in [1.807, 2.05) is 72.8 Å². The second kappa shape index (κ2) is 6.69. The summed E-state index contributed by atoms with van der Waals surface area (Å²) in [7, 11) is 1.66. The molecule has 4 nitrogen and oxygen atoms in total. The predicted molar refractivity (Wildman–Crippen MR) is 98.9 cm³/mol. The maximum atomic E-state index is 5.87. The van der Waals surface area contributed by atoms with E-state index >= 15 is 0 Å². The molecule has 0 aliphatic rings. The molecule has 0 spiro atoms. The van der Waals surface area contributed by atoms with Gasteiger partial charge in [0.25, 0.3) is 0 Å². The van der Waals surface area contributed by atoms with Gasteiger partial charge in [0.05, 0.1) is 23.7 Å². The zero-order chi connectivity index (χ0) is 17.1. The van der Waals surface area contributed by atoms with Gasteiger partial charge in [-0.2, -0.15) is 0 Å². The summed E-state index contributed by atoms with van der Waals surface area (Å²) in [5.74, 6) is 2.28. The zero-order valence-electron chi connectivity index (χ0n) is 13.9. The van der Waals surface area contributed by atoms with Gasteiger partial charge in [0, 0.05) is 6.07 Å². The van der Waals surface area contributed by atoms with Crippen molar-refractivity contribution in [1.29, 1.82) is 0 Å². The highest BCUT2D eigenvalue weighted by atomic mass is 16.5. The van der Waals surface area contributed by atoms with Gasteiger partial charge in [0.15, 0.2) is 0 Å². The van der Waals surface area contributed by atoms with E-state index in [0.717, 1.165) is 39.5 Å². The first-order chi connectivity index (χ1) is 12.3. The van der Waals surface area contributed by atoms with Crippen LogP contribution in [0.25, 0.3) is 22.4 Å². The summed E-state index contributed by atoms with van der Waals surface area (Å²) in [4.78, 5) is 7.97. The molecule has 0 atom stereocenters. The molecular formula is C21H18N2O2. The minimum Gasteiger partial charge on any atom is -0.496 e. The second-order valence-electron chi connectivity index (χ2n) is 5.74. The normalized spacial score (nSPS) is 10.8. The molecule has 4 rings (SSSR count). The molecule has 0 saturated carbocycles. The van der Waals surface area contributed by atoms with Crippen LogP contribution >= 0.6 is 0 Å². The first-order valence-corrected chi connectivity index (χ1v) is 8.13. The third-order valence-corrected chi connectivity index (χ3v) is 4.07. The molecule has 0 bridgehead atoms. The molecule has 1 heterocycles. The zero-order valence-corrected chi connectivity index (χ0v) is 13.9. The fraction of sp³-hybridized carbons (Fsp3) is 0.0952. The molecule has 4 aromatic rings. The molecule has 0 saturated heterocycles. The molecule has 1 aromatic heterocycles. The first-order valence-electron chi connectivity index (χ1n) is 8.13. The van der Waals surface area contributed by atoms with E-state index in [9.17, 15) is 0 Å². The lowest BCUT2D eigenvalue weighted by molar-refractivity contribution is 0.304. The maximum Gasteiger partial charge on any atom is 0.142 e. The fourth-order valence-corrected chi connectivity index (χ4v) is 2.78. The van der Waals surface area contributed by atoms with Gasteiger partial charge >= 0.3 is 0 Å². The van der Waals surface area contributed by atoms with E-state index < -0.39 is 0 Å². The molecule has 0 aliphatic heterocycles. The number of H-pyrrole nitrogens is 1. The molecule has 0 unspecified atom stereocenters. The minimum absolute atomic E-state index is 0.522. The van der Waals surface area contributed by atoms with Crippen LogP contribution < -0.4 is 9.47 Å². The molecule has 0 fully saturated rings. The third kappa shape index (κ3) is 3.19. The lowest BCUT2D eigenvalue weighted by Gasteiger charge is -2.10. The number of rotatable bonds is 5. The Balaban J connectivity index is 1.61. The van der Waals surface area contributed by atoms with Crippen LogP contribution in [0, 0.1) is 0 Å². The predicted octanol–water partition coefficient (Wildman–Crippen LogP) is 4.82. The number of hydrogen-bond donors (Lipinski definition) is 1. The van der Waals surface area contributed by atoms with Gasteiger partial charge in [-0.15, -0.1) is 0 Å². The third-order valence-electron chi connectivity index (χ3n) is 4.07. The van der Waals surface area contributed by atoms with E-state index in [1.54, 1.807) is 7.11 Å². The van der Waals surface area contributed by atoms with Crippen molar-refractivity contribution >= 4 is 11.0 Å². The minimum atomic E-state index is 0.522. The van der Waals surface area contributed by atoms with Gasteiger partial charge < -0.3 is 14.5 Å². The van der Waals surface area contributed by atoms with Crippen molar-refractivity contribution in [3.63, 3.8) is 0 Å². The van der Waals surface area contributed by atoms with Gasteiger partial charge in [0.2, 0.25) is 0 Å². The van der Waals surface area contributed by atoms with E-state index in [2.05, 4.69) is 9.97 Å². The highest BCUT2D eigenvalue weighted by Gasteiger charge is 2.12. The average molecular weight is 330 g/mol. The lowest BCUT2D eigenvalue weighted by Crippen LogP contribution is -1.96. The van der Waals surface area contributed by atoms with Gasteiger partial charge in [-0.1, -0.05) is 42.5 Å². The number of aromatic amines is 1. The van der Waals surface area contributed by atoms with Gasteiger partial charge in [-0.05, 0) is 29.8 Å². The summed E-state index contributed by atoms with van der Waals surface area (Å²) in [6, 6.07) is 23.8. The summed E-state index contributed by atoms with van der Waals surface area (Å²) in [6.07, 6.45) is 0. The summed E-state index contributed by atoms with van der Waals surface area (Å²) >= 11 is 0. The Morgan fingerprint density at radius 2 is 1.72 bits per heavy atom. The standard InChI is InChI=1S/C21H18N2O2/c1-24-20-13-16(25-14-15-7-3-2-4-8-15)11-12-17(20)21-22-18-9-5-6-10-19(18)23-21/h2-13H,14H2,1H3,(H,22,23). The number of hydrogen-bond acceptors (Lipinski definition) is 3. The SMILES string of the molecule is COc1cc(OCc2ccccc2)ccc1-c1nc2ccccc2[nH]1. The number of nitrogens with zero attached hydrogens (tertiary/aromatic N) is 1. The van der Waals surface area contributed by atoms with Gasteiger partial charge in [-0.3, -0.25) is 0 Å². The average Bonchev–Trinajstić information content (AvgIpc) is 3.11. The van der Waals surface area contributed by atoms with E-state index in [-0.39, 0.29) is 0 Å². The fourth-order valence-electron chi connectivity index (χ4n) is 2.78. The molecule has 25 heavy (non-hydrogen) atoms. The van der Waals surface area contributed by atoms with Gasteiger partial charge in [0.1, 0.15) is 23.9 Å². The number of para-hydroxylation sites is 2. The number of aromatic nitrogens is 2. The Hall–Kier alpha value is -3.27. The summed E-state index contributed by atoms with van der Waals surface area (Å²) < 4.78 is 11.4. The van der Waals surface area contributed by atoms with Crippen molar-refractivity contribution in [2.75, 3.05) is 7.11 Å². The Morgan fingerprint density at radius 3 is 2.52 bits per heavy atom. The molecule has 124 valence electrons. The summed E-state index contributed by atoms with van der Waals surface area (Å²) in [5, 5.41) is 0. The highest BCUT2D eigenvalue weighted by molar-refractivity contribution is 5.80. The van der Waals surface area contributed by atoms with E-state index in [0.29, 0.717) is 6.61 Å². The molecule has 4 heteroatoms. The number of ether oxygens (including phenoxy) is 2. The quantitative estimate of drug-likeness (QED) is 0.571. The van der Waals surface area contributed by atoms with Crippen molar-refractivity contribution < 1.29 is 9.47 Å². The monoisotopic (exact) mass is 330 g/mol. The van der Waals surface area contributed by atoms with Crippen molar-refractivity contribution in [2.45, 2.75) is 6.61 Å². The van der Waals surface area contributed by atoms with Crippen molar-refractivity contribution in [3.8, 4) is 22.9 Å². The van der Waals surface area contributed by atoms with Crippen LogP contribution in [0.4, 0.5) is 0 Å². The number of imidazole rings is 1. The molecule has 0 aliphatic carbocycles. The summed E-state index contributed by atoms with van der Waals surface area (Å²) in [5.41, 5.74) is 3.97. The van der Waals surface area contributed by atoms with E-state index in [1.165, 1.54) is 0 Å². The number of benzene rings is 3. The highest BCUT2D eigenvalue weighted by Crippen LogP contribution is 2.33. The first kappa shape index (κ1) is 15.3. The smallest absolute Gasteiger partial charge is 0.142 e. The summed E-state index contributed by atoms with van der Waals surface area (Å²) in [6.45, 7) is 0.522.